The van der Waals surface area contributed by atoms with E-state index in [2.05, 4.69) is 10.6 Å². The van der Waals surface area contributed by atoms with Crippen molar-refractivity contribution in [2.24, 2.45) is 5.73 Å². The van der Waals surface area contributed by atoms with E-state index in [1.165, 1.54) is 21.7 Å². The Morgan fingerprint density at radius 2 is 1.85 bits per heavy atom. The van der Waals surface area contributed by atoms with Crippen LogP contribution in [0.4, 0.5) is 5.69 Å². The smallest absolute Gasteiger partial charge is 0.366 e. The van der Waals surface area contributed by atoms with Gasteiger partial charge in [-0.25, -0.2) is 4.79 Å². The van der Waals surface area contributed by atoms with E-state index in [-0.39, 0.29) is 31.8 Å². The highest BCUT2D eigenvalue weighted by atomic mass is 16.5. The second kappa shape index (κ2) is 9.49. The number of morpholine rings is 1. The first kappa shape index (κ1) is 22.0. The number of amides is 3. The summed E-state index contributed by atoms with van der Waals surface area (Å²) in [5.74, 6) is -1.40. The molecular formula is C22H22N5O6+. The molecule has 33 heavy (non-hydrogen) atoms. The lowest BCUT2D eigenvalue weighted by Crippen LogP contribution is -2.51. The third-order valence-corrected chi connectivity index (χ3v) is 5.18. The number of nitrogens with zero attached hydrogens (tertiary/aromatic N) is 2. The standard InChI is InChI=1S/C22H21N5O6/c23-20(29)14-6-8-15(9-7-14)24-19(28)12-18-21(30)26(10-11-32-18)13-17-22(31)33-25-27(17)16-4-2-1-3-5-16/h1-9,18H,10-13H2,(H3-,23,24,25,28,29,31)/p+1. The van der Waals surface area contributed by atoms with Crippen molar-refractivity contribution in [3.8, 4) is 5.69 Å². The number of nitrogens with one attached hydrogen (secondary N) is 2. The third-order valence-electron chi connectivity index (χ3n) is 5.18. The fourth-order valence-electron chi connectivity index (χ4n) is 3.49. The molecule has 0 radical (unpaired) electrons. The second-order valence-electron chi connectivity index (χ2n) is 7.41. The van der Waals surface area contributed by atoms with Crippen molar-refractivity contribution in [3.05, 3.63) is 76.3 Å². The Balaban J connectivity index is 1.41. The molecule has 1 fully saturated rings. The summed E-state index contributed by atoms with van der Waals surface area (Å²) in [6.45, 7) is 0.485. The zero-order chi connectivity index (χ0) is 23.4. The summed E-state index contributed by atoms with van der Waals surface area (Å²) in [4.78, 5) is 50.2. The predicted octanol–water partition coefficient (Wildman–Crippen LogP) is 0.0997. The molecule has 3 amide bonds. The van der Waals surface area contributed by atoms with E-state index in [0.717, 1.165) is 0 Å². The van der Waals surface area contributed by atoms with E-state index in [1.807, 2.05) is 18.2 Å². The van der Waals surface area contributed by atoms with Crippen LogP contribution in [-0.4, -0.2) is 47.1 Å². The lowest BCUT2D eigenvalue weighted by molar-refractivity contribution is -0.678. The van der Waals surface area contributed by atoms with Gasteiger partial charge in [-0.05, 0) is 34.2 Å². The van der Waals surface area contributed by atoms with Crippen LogP contribution in [0.3, 0.4) is 0 Å². The molecule has 2 heterocycles. The summed E-state index contributed by atoms with van der Waals surface area (Å²) in [6.07, 6.45) is -1.19. The summed E-state index contributed by atoms with van der Waals surface area (Å²) < 4.78 is 11.9. The van der Waals surface area contributed by atoms with Gasteiger partial charge in [0.2, 0.25) is 17.5 Å². The van der Waals surface area contributed by atoms with Gasteiger partial charge in [-0.15, -0.1) is 0 Å². The number of hydrogen-bond acceptors (Lipinski definition) is 6. The number of aromatic amines is 1. The van der Waals surface area contributed by atoms with Gasteiger partial charge in [-0.2, -0.15) is 0 Å². The summed E-state index contributed by atoms with van der Waals surface area (Å²) in [5.41, 5.74) is 6.31. The van der Waals surface area contributed by atoms with E-state index in [9.17, 15) is 19.2 Å². The molecule has 1 atom stereocenters. The van der Waals surface area contributed by atoms with Crippen LogP contribution < -0.4 is 21.4 Å². The highest BCUT2D eigenvalue weighted by Gasteiger charge is 2.35. The topological polar surface area (TPSA) is 152 Å². The number of benzene rings is 2. The first-order valence-corrected chi connectivity index (χ1v) is 10.2. The first-order chi connectivity index (χ1) is 15.9. The number of carbonyl (C=O) groups excluding carboxylic acids is 3. The summed E-state index contributed by atoms with van der Waals surface area (Å²) >= 11 is 0. The molecule has 1 aliphatic heterocycles. The number of nitrogens with two attached hydrogens (primary N) is 1. The Morgan fingerprint density at radius 1 is 1.12 bits per heavy atom. The third kappa shape index (κ3) is 4.99. The number of aromatic nitrogens is 2. The van der Waals surface area contributed by atoms with E-state index < -0.39 is 29.5 Å². The minimum absolute atomic E-state index is 0.00435. The van der Waals surface area contributed by atoms with E-state index in [0.29, 0.717) is 16.9 Å². The van der Waals surface area contributed by atoms with Crippen LogP contribution >= 0.6 is 0 Å². The fraction of sp³-hybridized carbons (Fsp3) is 0.227. The van der Waals surface area contributed by atoms with Crippen molar-refractivity contribution in [1.29, 1.82) is 0 Å². The van der Waals surface area contributed by atoms with Gasteiger partial charge in [-0.1, -0.05) is 18.2 Å². The number of hydrogen-bond donors (Lipinski definition) is 3. The summed E-state index contributed by atoms with van der Waals surface area (Å²) in [6, 6.07) is 15.1. The highest BCUT2D eigenvalue weighted by molar-refractivity contribution is 5.96. The fourth-order valence-corrected chi connectivity index (χ4v) is 3.49. The van der Waals surface area contributed by atoms with Crippen molar-refractivity contribution in [1.82, 2.24) is 10.2 Å². The van der Waals surface area contributed by atoms with Crippen LogP contribution in [0, 0.1) is 0 Å². The molecule has 1 aromatic heterocycles. The van der Waals surface area contributed by atoms with Crippen molar-refractivity contribution >= 4 is 23.4 Å². The lowest BCUT2D eigenvalue weighted by Gasteiger charge is -2.30. The molecule has 0 spiro atoms. The quantitative estimate of drug-likeness (QED) is 0.433. The number of primary amides is 1. The van der Waals surface area contributed by atoms with E-state index >= 15 is 0 Å². The molecule has 0 bridgehead atoms. The molecule has 3 aromatic rings. The van der Waals surface area contributed by atoms with Crippen molar-refractivity contribution in [2.45, 2.75) is 19.1 Å². The van der Waals surface area contributed by atoms with Gasteiger partial charge in [0.1, 0.15) is 12.6 Å². The van der Waals surface area contributed by atoms with Crippen LogP contribution in [0.15, 0.2) is 63.9 Å². The number of carbonyl (C=O) groups is 3. The summed E-state index contributed by atoms with van der Waals surface area (Å²) in [5, 5.41) is 5.20. The zero-order valence-electron chi connectivity index (χ0n) is 17.5. The molecule has 1 aliphatic rings. The van der Waals surface area contributed by atoms with Crippen LogP contribution in [-0.2, 0) is 20.9 Å². The van der Waals surface area contributed by atoms with Gasteiger partial charge >= 0.3 is 11.3 Å². The average molecular weight is 452 g/mol. The monoisotopic (exact) mass is 452 g/mol. The maximum absolute atomic E-state index is 12.9. The minimum Gasteiger partial charge on any atom is -0.366 e. The van der Waals surface area contributed by atoms with E-state index in [4.69, 9.17) is 15.0 Å². The number of para-hydroxylation sites is 1. The van der Waals surface area contributed by atoms with Gasteiger partial charge in [0.15, 0.2) is 0 Å². The Morgan fingerprint density at radius 3 is 2.55 bits per heavy atom. The Labute approximate surface area is 187 Å². The van der Waals surface area contributed by atoms with Crippen LogP contribution in [0.1, 0.15) is 22.5 Å². The van der Waals surface area contributed by atoms with E-state index in [1.54, 1.807) is 24.3 Å². The zero-order valence-corrected chi connectivity index (χ0v) is 17.5. The molecule has 170 valence electrons. The first-order valence-electron chi connectivity index (χ1n) is 10.2. The maximum atomic E-state index is 12.9. The van der Waals surface area contributed by atoms with Gasteiger partial charge in [0, 0.05) is 29.9 Å². The second-order valence-corrected chi connectivity index (χ2v) is 7.41. The number of rotatable bonds is 7. The lowest BCUT2D eigenvalue weighted by atomic mass is 10.1. The molecule has 1 saturated heterocycles. The van der Waals surface area contributed by atoms with Crippen LogP contribution in [0.2, 0.25) is 0 Å². The van der Waals surface area contributed by atoms with Crippen molar-refractivity contribution < 1.29 is 28.3 Å². The molecule has 0 saturated carbocycles. The summed E-state index contributed by atoms with van der Waals surface area (Å²) in [7, 11) is 0. The average Bonchev–Trinajstić information content (AvgIpc) is 3.17. The van der Waals surface area contributed by atoms with Crippen molar-refractivity contribution in [3.63, 3.8) is 0 Å². The molecule has 4 N–H and O–H groups in total. The molecule has 2 aromatic carbocycles. The predicted molar refractivity (Wildman–Crippen MR) is 114 cm³/mol. The van der Waals surface area contributed by atoms with Crippen molar-refractivity contribution in [2.75, 3.05) is 18.5 Å². The van der Waals surface area contributed by atoms with Crippen LogP contribution in [0.5, 0.6) is 0 Å². The van der Waals surface area contributed by atoms with Crippen LogP contribution in [0.25, 0.3) is 5.69 Å². The highest BCUT2D eigenvalue weighted by Crippen LogP contribution is 2.15. The largest absolute Gasteiger partial charge is 0.432 e. The maximum Gasteiger partial charge on any atom is 0.432 e. The molecule has 0 aliphatic carbocycles. The molecule has 4 rings (SSSR count). The Bertz CT molecular complexity index is 1220. The molecule has 1 unspecified atom stereocenters. The normalized spacial score (nSPS) is 15.9. The number of ether oxygens (including phenoxy) is 1. The number of H-pyrrole nitrogens is 1. The Hall–Kier alpha value is -4.25. The van der Waals surface area contributed by atoms with Gasteiger partial charge < -0.3 is 20.7 Å². The molecule has 11 nitrogen and oxygen atoms in total. The Kier molecular flexibility index (Phi) is 6.31. The van der Waals surface area contributed by atoms with Gasteiger partial charge in [0.05, 0.1) is 13.0 Å². The van der Waals surface area contributed by atoms with Gasteiger partial charge in [0.25, 0.3) is 5.91 Å². The molecular weight excluding hydrogens is 430 g/mol. The minimum atomic E-state index is -0.986. The number of anilines is 1. The molecule has 11 heteroatoms. The SMILES string of the molecule is NC(=O)c1ccc(NC(=O)CC2OCCN(Cc3c(=O)o[nH][n+]3-c3ccccc3)C2=O)cc1. The van der Waals surface area contributed by atoms with Gasteiger partial charge in [-0.3, -0.25) is 18.9 Å².